The van der Waals surface area contributed by atoms with Gasteiger partial charge in [0, 0.05) is 28.9 Å². The van der Waals surface area contributed by atoms with Gasteiger partial charge < -0.3 is 4.57 Å². The number of aromatic nitrogens is 2. The van der Waals surface area contributed by atoms with Crippen molar-refractivity contribution in [2.45, 2.75) is 10.9 Å². The van der Waals surface area contributed by atoms with Gasteiger partial charge in [0.25, 0.3) is 0 Å². The molecule has 0 bridgehead atoms. The summed E-state index contributed by atoms with van der Waals surface area (Å²) in [6, 6.07) is 13.0. The molecule has 0 aliphatic heterocycles. The van der Waals surface area contributed by atoms with Gasteiger partial charge in [-0.3, -0.25) is 0 Å². The van der Waals surface area contributed by atoms with E-state index in [9.17, 15) is 8.42 Å². The maximum atomic E-state index is 12.9. The number of nitrogens with one attached hydrogen (secondary N) is 1. The minimum Gasteiger partial charge on any atom is -0.336 e. The van der Waals surface area contributed by atoms with Gasteiger partial charge in [0.15, 0.2) is 0 Å². The van der Waals surface area contributed by atoms with Crippen molar-refractivity contribution < 1.29 is 8.42 Å². The van der Waals surface area contributed by atoms with E-state index in [1.807, 2.05) is 7.05 Å². The molecule has 8 heteroatoms. The van der Waals surface area contributed by atoms with Crippen molar-refractivity contribution in [2.24, 2.45) is 7.05 Å². The fourth-order valence-corrected chi connectivity index (χ4v) is 4.77. The highest BCUT2D eigenvalue weighted by atomic mass is 79.9. The van der Waals surface area contributed by atoms with Crippen LogP contribution in [0.2, 0.25) is 5.02 Å². The molecule has 0 saturated carbocycles. The number of sulfonamides is 1. The molecule has 0 aliphatic rings. The second kappa shape index (κ2) is 7.29. The molecule has 1 heterocycles. The van der Waals surface area contributed by atoms with E-state index in [1.54, 1.807) is 65.5 Å². The van der Waals surface area contributed by atoms with Crippen molar-refractivity contribution in [1.82, 2.24) is 14.3 Å². The predicted molar refractivity (Wildman–Crippen MR) is 101 cm³/mol. The minimum absolute atomic E-state index is 0.170. The van der Waals surface area contributed by atoms with E-state index in [2.05, 4.69) is 25.6 Å². The summed E-state index contributed by atoms with van der Waals surface area (Å²) in [6.07, 6.45) is 3.40. The van der Waals surface area contributed by atoms with E-state index >= 15 is 0 Å². The van der Waals surface area contributed by atoms with Crippen LogP contribution in [0.3, 0.4) is 0 Å². The van der Waals surface area contributed by atoms with Gasteiger partial charge in [-0.1, -0.05) is 35.9 Å². The Kier molecular flexibility index (Phi) is 5.29. The number of nitrogens with zero attached hydrogens (tertiary/aromatic N) is 2. The van der Waals surface area contributed by atoms with Crippen molar-refractivity contribution in [3.8, 4) is 0 Å². The molecule has 0 radical (unpaired) electrons. The second-order valence-corrected chi connectivity index (χ2v) is 8.41. The third kappa shape index (κ3) is 3.95. The zero-order valence-electron chi connectivity index (χ0n) is 13.2. The highest BCUT2D eigenvalue weighted by molar-refractivity contribution is 9.10. The lowest BCUT2D eigenvalue weighted by Crippen LogP contribution is -2.31. The first-order chi connectivity index (χ1) is 11.9. The number of aryl methyl sites for hydroxylation is 1. The molecule has 0 fully saturated rings. The zero-order chi connectivity index (χ0) is 18.0. The van der Waals surface area contributed by atoms with Crippen LogP contribution in [0.25, 0.3) is 0 Å². The Bertz CT molecular complexity index is 987. The van der Waals surface area contributed by atoms with Gasteiger partial charge in [0.2, 0.25) is 10.0 Å². The van der Waals surface area contributed by atoms with Crippen LogP contribution in [0.15, 0.2) is 70.3 Å². The second-order valence-electron chi connectivity index (χ2n) is 5.43. The van der Waals surface area contributed by atoms with Gasteiger partial charge in [-0.05, 0) is 45.8 Å². The summed E-state index contributed by atoms with van der Waals surface area (Å²) in [7, 11) is -1.96. The van der Waals surface area contributed by atoms with Crippen LogP contribution in [0, 0.1) is 0 Å². The van der Waals surface area contributed by atoms with Crippen molar-refractivity contribution in [3.63, 3.8) is 0 Å². The Hall–Kier alpha value is -1.67. The summed E-state index contributed by atoms with van der Waals surface area (Å²) in [6.45, 7) is 0. The van der Waals surface area contributed by atoms with E-state index in [1.165, 1.54) is 0 Å². The van der Waals surface area contributed by atoms with Crippen LogP contribution < -0.4 is 4.72 Å². The first-order valence-corrected chi connectivity index (χ1v) is 10.0. The molecule has 3 rings (SSSR count). The molecule has 0 unspecified atom stereocenters. The van der Waals surface area contributed by atoms with Gasteiger partial charge in [-0.25, -0.2) is 13.4 Å². The van der Waals surface area contributed by atoms with Crippen LogP contribution in [-0.4, -0.2) is 18.0 Å². The lowest BCUT2D eigenvalue weighted by molar-refractivity contribution is 0.562. The number of benzene rings is 2. The Balaban J connectivity index is 2.05. The van der Waals surface area contributed by atoms with Gasteiger partial charge in [0.1, 0.15) is 11.9 Å². The van der Waals surface area contributed by atoms with E-state index in [4.69, 9.17) is 11.6 Å². The predicted octanol–water partition coefficient (Wildman–Crippen LogP) is 3.90. The SMILES string of the molecule is Cn1ccnc1[C@H](NS(=O)(=O)c1ccccc1Br)c1ccc(Cl)cc1. The van der Waals surface area contributed by atoms with E-state index in [-0.39, 0.29) is 4.90 Å². The maximum absolute atomic E-state index is 12.9. The summed E-state index contributed by atoms with van der Waals surface area (Å²) < 4.78 is 30.8. The molecule has 130 valence electrons. The smallest absolute Gasteiger partial charge is 0.242 e. The Morgan fingerprint density at radius 1 is 1.16 bits per heavy atom. The normalized spacial score (nSPS) is 12.9. The third-order valence-electron chi connectivity index (χ3n) is 3.72. The summed E-state index contributed by atoms with van der Waals surface area (Å²) in [5.41, 5.74) is 0.745. The van der Waals surface area contributed by atoms with Gasteiger partial charge in [-0.15, -0.1) is 0 Å². The molecule has 1 atom stereocenters. The van der Waals surface area contributed by atoms with Crippen LogP contribution >= 0.6 is 27.5 Å². The van der Waals surface area contributed by atoms with Crippen molar-refractivity contribution >= 4 is 37.6 Å². The molecule has 2 aromatic carbocycles. The molecule has 1 N–H and O–H groups in total. The quantitative estimate of drug-likeness (QED) is 0.654. The van der Waals surface area contributed by atoms with E-state index in [0.717, 1.165) is 5.56 Å². The highest BCUT2D eigenvalue weighted by Crippen LogP contribution is 2.27. The number of hydrogen-bond acceptors (Lipinski definition) is 3. The molecular formula is C17H15BrClN3O2S. The van der Waals surface area contributed by atoms with Gasteiger partial charge in [-0.2, -0.15) is 4.72 Å². The molecular weight excluding hydrogens is 426 g/mol. The monoisotopic (exact) mass is 439 g/mol. The first-order valence-electron chi connectivity index (χ1n) is 7.38. The number of rotatable bonds is 5. The largest absolute Gasteiger partial charge is 0.336 e. The molecule has 0 spiro atoms. The summed E-state index contributed by atoms with van der Waals surface area (Å²) in [5, 5.41) is 0.580. The molecule has 0 aliphatic carbocycles. The molecule has 25 heavy (non-hydrogen) atoms. The van der Waals surface area contributed by atoms with Gasteiger partial charge in [0.05, 0.1) is 4.90 Å². The third-order valence-corrected chi connectivity index (χ3v) is 6.41. The highest BCUT2D eigenvalue weighted by Gasteiger charge is 2.26. The number of halogens is 2. The van der Waals surface area contributed by atoms with Gasteiger partial charge >= 0.3 is 0 Å². The molecule has 1 aromatic heterocycles. The fraction of sp³-hybridized carbons (Fsp3) is 0.118. The average molecular weight is 441 g/mol. The van der Waals surface area contributed by atoms with E-state index < -0.39 is 16.1 Å². The molecule has 3 aromatic rings. The standard InChI is InChI=1S/C17H15BrClN3O2S/c1-22-11-10-20-17(22)16(12-6-8-13(19)9-7-12)21-25(23,24)15-5-3-2-4-14(15)18/h2-11,16,21H,1H3/t16-/m1/s1. The Morgan fingerprint density at radius 2 is 1.84 bits per heavy atom. The average Bonchev–Trinajstić information content (AvgIpc) is 3.00. The fourth-order valence-electron chi connectivity index (χ4n) is 2.46. The minimum atomic E-state index is -3.77. The number of imidazole rings is 1. The van der Waals surface area contributed by atoms with Crippen LogP contribution in [0.5, 0.6) is 0 Å². The lowest BCUT2D eigenvalue weighted by Gasteiger charge is -2.19. The maximum Gasteiger partial charge on any atom is 0.242 e. The van der Waals surface area contributed by atoms with E-state index in [0.29, 0.717) is 15.3 Å². The lowest BCUT2D eigenvalue weighted by atomic mass is 10.1. The summed E-state index contributed by atoms with van der Waals surface area (Å²) in [5.74, 6) is 0.581. The van der Waals surface area contributed by atoms with Crippen LogP contribution in [0.4, 0.5) is 0 Å². The summed E-state index contributed by atoms with van der Waals surface area (Å²) in [4.78, 5) is 4.48. The zero-order valence-corrected chi connectivity index (χ0v) is 16.4. The number of hydrogen-bond donors (Lipinski definition) is 1. The van der Waals surface area contributed by atoms with Crippen molar-refractivity contribution in [3.05, 3.63) is 81.8 Å². The first kappa shape index (κ1) is 18.1. The van der Waals surface area contributed by atoms with Crippen molar-refractivity contribution in [1.29, 1.82) is 0 Å². The molecule has 0 saturated heterocycles. The van der Waals surface area contributed by atoms with Crippen LogP contribution in [0.1, 0.15) is 17.4 Å². The Morgan fingerprint density at radius 3 is 2.44 bits per heavy atom. The molecule has 5 nitrogen and oxygen atoms in total. The van der Waals surface area contributed by atoms with Crippen molar-refractivity contribution in [2.75, 3.05) is 0 Å². The van der Waals surface area contributed by atoms with Crippen LogP contribution in [-0.2, 0) is 17.1 Å². The molecule has 0 amide bonds. The Labute approximate surface area is 159 Å². The topological polar surface area (TPSA) is 64.0 Å². The summed E-state index contributed by atoms with van der Waals surface area (Å²) >= 11 is 9.25.